The molecule has 4 aromatic heterocycles. The van der Waals surface area contributed by atoms with Crippen molar-refractivity contribution in [2.75, 3.05) is 0 Å². The molecule has 13 aromatic rings. The quantitative estimate of drug-likeness (QED) is 0.175. The molecule has 4 heterocycles. The fourth-order valence-corrected chi connectivity index (χ4v) is 10.5. The van der Waals surface area contributed by atoms with E-state index in [9.17, 15) is 5.26 Å². The molecular weight excluding hydrogens is 743 g/mol. The van der Waals surface area contributed by atoms with Crippen molar-refractivity contribution >= 4 is 87.2 Å². The molecule has 0 aliphatic heterocycles. The summed E-state index contributed by atoms with van der Waals surface area (Å²) < 4.78 is 9.60. The lowest BCUT2D eigenvalue weighted by Gasteiger charge is -2.12. The minimum Gasteiger partial charge on any atom is -0.309 e. The molecule has 13 rings (SSSR count). The number of para-hydroxylation sites is 6. The average molecular weight is 778 g/mol. The highest BCUT2D eigenvalue weighted by Gasteiger charge is 2.26. The fraction of sp³-hybridized carbons (Fsp3) is 0.0179. The lowest BCUT2D eigenvalue weighted by molar-refractivity contribution is 1.16. The van der Waals surface area contributed by atoms with Gasteiger partial charge in [-0.15, -0.1) is 0 Å². The molecule has 0 unspecified atom stereocenters. The number of rotatable bonds is 4. The lowest BCUT2D eigenvalue weighted by atomic mass is 10.0. The van der Waals surface area contributed by atoms with Gasteiger partial charge in [-0.2, -0.15) is 5.26 Å². The van der Waals surface area contributed by atoms with Crippen molar-refractivity contribution in [1.29, 1.82) is 5.26 Å². The summed E-state index contributed by atoms with van der Waals surface area (Å²) in [5.74, 6) is 0. The molecule has 0 fully saturated rings. The Labute approximate surface area is 350 Å². The van der Waals surface area contributed by atoms with Crippen molar-refractivity contribution in [3.05, 3.63) is 205 Å². The van der Waals surface area contributed by atoms with Crippen LogP contribution in [-0.2, 0) is 0 Å². The number of aromatic nitrogens is 4. The maximum Gasteiger partial charge on any atom is 0.0999 e. The van der Waals surface area contributed by atoms with Crippen LogP contribution in [0, 0.1) is 18.3 Å². The van der Waals surface area contributed by atoms with Gasteiger partial charge in [0.05, 0.1) is 55.8 Å². The van der Waals surface area contributed by atoms with E-state index >= 15 is 0 Å². The molecule has 0 bridgehead atoms. The van der Waals surface area contributed by atoms with Crippen LogP contribution < -0.4 is 0 Å². The van der Waals surface area contributed by atoms with Crippen molar-refractivity contribution in [3.63, 3.8) is 0 Å². The molecule has 0 radical (unpaired) electrons. The predicted octanol–water partition coefficient (Wildman–Crippen LogP) is 14.3. The van der Waals surface area contributed by atoms with E-state index in [4.69, 9.17) is 0 Å². The number of fused-ring (bicyclic) bond motifs is 14. The van der Waals surface area contributed by atoms with Gasteiger partial charge in [0.15, 0.2) is 0 Å². The second-order valence-corrected chi connectivity index (χ2v) is 16.1. The van der Waals surface area contributed by atoms with Crippen LogP contribution in [0.3, 0.4) is 0 Å². The summed E-state index contributed by atoms with van der Waals surface area (Å²) in [6.07, 6.45) is 0. The number of benzene rings is 9. The van der Waals surface area contributed by atoms with Gasteiger partial charge < -0.3 is 18.3 Å². The molecular formula is C56H35N5. The highest BCUT2D eigenvalue weighted by molar-refractivity contribution is 6.29. The smallest absolute Gasteiger partial charge is 0.0999 e. The van der Waals surface area contributed by atoms with E-state index in [1.54, 1.807) is 0 Å². The van der Waals surface area contributed by atoms with E-state index in [-0.39, 0.29) is 0 Å². The predicted molar refractivity (Wildman–Crippen MR) is 253 cm³/mol. The minimum atomic E-state index is 0.659. The molecule has 5 heteroatoms. The van der Waals surface area contributed by atoms with Gasteiger partial charge in [0.1, 0.15) is 0 Å². The van der Waals surface area contributed by atoms with Crippen LogP contribution in [0.1, 0.15) is 11.1 Å². The van der Waals surface area contributed by atoms with Crippen molar-refractivity contribution in [2.45, 2.75) is 6.92 Å². The Balaban J connectivity index is 1.19. The Hall–Kier alpha value is -8.33. The standard InChI is InChI=1S/C56H35N5/c1-35-31-49-53(42-24-12-14-26-45(42)58(49)37-17-5-2-6-18-37)55-51(35)44-33-40(29-30-48(44)61(55)39-21-9-4-10-22-39)59-46-27-15-13-25-43(46)54-50(59)32-36(34-57)52-41-23-11-16-28-47(41)60(56(52)54)38-19-7-3-8-20-38/h2-33H,1H3. The van der Waals surface area contributed by atoms with E-state index < -0.39 is 0 Å². The molecule has 0 atom stereocenters. The Morgan fingerprint density at radius 2 is 0.738 bits per heavy atom. The first-order chi connectivity index (χ1) is 30.2. The topological polar surface area (TPSA) is 43.5 Å². The molecule has 0 N–H and O–H groups in total. The van der Waals surface area contributed by atoms with Gasteiger partial charge in [-0.3, -0.25) is 0 Å². The van der Waals surface area contributed by atoms with Crippen molar-refractivity contribution in [3.8, 4) is 28.8 Å². The summed E-state index contributed by atoms with van der Waals surface area (Å²) >= 11 is 0. The summed E-state index contributed by atoms with van der Waals surface area (Å²) in [5.41, 5.74) is 15.2. The molecule has 0 amide bonds. The normalized spacial score (nSPS) is 12.0. The van der Waals surface area contributed by atoms with Crippen molar-refractivity contribution in [2.24, 2.45) is 0 Å². The van der Waals surface area contributed by atoms with Gasteiger partial charge in [-0.1, -0.05) is 109 Å². The Morgan fingerprint density at radius 1 is 0.328 bits per heavy atom. The van der Waals surface area contributed by atoms with Crippen LogP contribution >= 0.6 is 0 Å². The first-order valence-corrected chi connectivity index (χ1v) is 20.8. The van der Waals surface area contributed by atoms with E-state index in [1.807, 2.05) is 0 Å². The number of hydrogen-bond acceptors (Lipinski definition) is 1. The van der Waals surface area contributed by atoms with Crippen LogP contribution in [0.4, 0.5) is 0 Å². The summed E-state index contributed by atoms with van der Waals surface area (Å²) in [7, 11) is 0. The molecule has 0 saturated heterocycles. The summed E-state index contributed by atoms with van der Waals surface area (Å²) in [6.45, 7) is 2.26. The van der Waals surface area contributed by atoms with Crippen molar-refractivity contribution in [1.82, 2.24) is 18.3 Å². The number of hydrogen-bond donors (Lipinski definition) is 0. The van der Waals surface area contributed by atoms with E-state index in [2.05, 4.69) is 225 Å². The zero-order valence-corrected chi connectivity index (χ0v) is 33.2. The summed E-state index contributed by atoms with van der Waals surface area (Å²) in [4.78, 5) is 0. The highest BCUT2D eigenvalue weighted by atomic mass is 15.0. The number of aryl methyl sites for hydroxylation is 1. The largest absolute Gasteiger partial charge is 0.309 e. The molecule has 61 heavy (non-hydrogen) atoms. The zero-order chi connectivity index (χ0) is 40.3. The number of nitrogens with zero attached hydrogens (tertiary/aromatic N) is 5. The maximum atomic E-state index is 10.9. The van der Waals surface area contributed by atoms with E-state index in [1.165, 1.54) is 43.7 Å². The van der Waals surface area contributed by atoms with Gasteiger partial charge in [0.2, 0.25) is 0 Å². The summed E-state index contributed by atoms with van der Waals surface area (Å²) in [6, 6.07) is 72.0. The first-order valence-electron chi connectivity index (χ1n) is 20.8. The van der Waals surface area contributed by atoms with Gasteiger partial charge in [-0.25, -0.2) is 0 Å². The second-order valence-electron chi connectivity index (χ2n) is 16.1. The fourth-order valence-electron chi connectivity index (χ4n) is 10.5. The maximum absolute atomic E-state index is 10.9. The molecule has 5 nitrogen and oxygen atoms in total. The van der Waals surface area contributed by atoms with Crippen LogP contribution in [0.5, 0.6) is 0 Å². The van der Waals surface area contributed by atoms with Crippen LogP contribution in [0.2, 0.25) is 0 Å². The lowest BCUT2D eigenvalue weighted by Crippen LogP contribution is -1.97. The first kappa shape index (κ1) is 33.6. The average Bonchev–Trinajstić information content (AvgIpc) is 4.04. The minimum absolute atomic E-state index is 0.659. The third-order valence-corrected chi connectivity index (χ3v) is 12.8. The summed E-state index contributed by atoms with van der Waals surface area (Å²) in [5, 5.41) is 20.1. The third-order valence-electron chi connectivity index (χ3n) is 12.8. The number of nitriles is 1. The third kappa shape index (κ3) is 4.53. The second kappa shape index (κ2) is 12.6. The SMILES string of the molecule is Cc1cc2c(c3ccccc3n2-c2ccccc2)c2c1c1cc(-n3c4ccccc4c4c3cc(C#N)c3c5ccccc5n(-c5ccccc5)c34)ccc1n2-c1ccccc1. The molecule has 0 aliphatic rings. The van der Waals surface area contributed by atoms with Crippen molar-refractivity contribution < 1.29 is 0 Å². The highest BCUT2D eigenvalue weighted by Crippen LogP contribution is 2.47. The van der Waals surface area contributed by atoms with Gasteiger partial charge in [0.25, 0.3) is 0 Å². The van der Waals surface area contributed by atoms with E-state index in [0.717, 1.165) is 71.9 Å². The monoisotopic (exact) mass is 777 g/mol. The Morgan fingerprint density at radius 3 is 1.28 bits per heavy atom. The molecule has 0 spiro atoms. The van der Waals surface area contributed by atoms with Crippen LogP contribution in [0.25, 0.3) is 110 Å². The Kier molecular flexibility index (Phi) is 6.94. The Bertz CT molecular complexity index is 3990. The van der Waals surface area contributed by atoms with Gasteiger partial charge in [-0.05, 0) is 97.4 Å². The van der Waals surface area contributed by atoms with E-state index in [0.29, 0.717) is 5.56 Å². The molecule has 0 saturated carbocycles. The zero-order valence-electron chi connectivity index (χ0n) is 33.2. The molecule has 0 aliphatic carbocycles. The molecule has 284 valence electrons. The van der Waals surface area contributed by atoms with Crippen LogP contribution in [0.15, 0.2) is 194 Å². The van der Waals surface area contributed by atoms with Gasteiger partial charge in [0, 0.05) is 65.8 Å². The van der Waals surface area contributed by atoms with Crippen LogP contribution in [-0.4, -0.2) is 18.3 Å². The van der Waals surface area contributed by atoms with Gasteiger partial charge >= 0.3 is 0 Å². The molecule has 9 aromatic carbocycles.